The zero-order valence-electron chi connectivity index (χ0n) is 28.3. The first kappa shape index (κ1) is 36.1. The molecule has 258 valence electrons. The van der Waals surface area contributed by atoms with Crippen molar-refractivity contribution in [1.82, 2.24) is 15.1 Å². The number of nitrogens with zero attached hydrogens (tertiary/aromatic N) is 2. The second-order valence-corrected chi connectivity index (χ2v) is 12.6. The molecule has 5 aromatic rings. The Bertz CT molecular complexity index is 1930. The van der Waals surface area contributed by atoms with Crippen molar-refractivity contribution in [2.24, 2.45) is 5.73 Å². The van der Waals surface area contributed by atoms with E-state index in [9.17, 15) is 14.4 Å². The van der Waals surface area contributed by atoms with Gasteiger partial charge in [-0.3, -0.25) is 9.59 Å². The van der Waals surface area contributed by atoms with Crippen molar-refractivity contribution in [2.75, 3.05) is 31.5 Å². The Kier molecular flexibility index (Phi) is 12.3. The lowest BCUT2D eigenvalue weighted by Gasteiger charge is -2.42. The molecule has 1 aliphatic rings. The van der Waals surface area contributed by atoms with E-state index in [1.54, 1.807) is 0 Å². The molecule has 50 heavy (non-hydrogen) atoms. The molecule has 4 amide bonds. The van der Waals surface area contributed by atoms with Crippen molar-refractivity contribution in [3.8, 4) is 11.1 Å². The monoisotopic (exact) mass is 689 g/mol. The average molecular weight is 690 g/mol. The van der Waals surface area contributed by atoms with Gasteiger partial charge in [-0.15, -0.1) is 12.4 Å². The molecule has 1 atom stereocenters. The number of nitrogens with one attached hydrogen (secondary N) is 2. The number of benzene rings is 5. The van der Waals surface area contributed by atoms with E-state index in [1.165, 1.54) is 0 Å². The zero-order valence-corrected chi connectivity index (χ0v) is 29.1. The summed E-state index contributed by atoms with van der Waals surface area (Å²) in [5.41, 5.74) is 10.6. The highest BCUT2D eigenvalue weighted by molar-refractivity contribution is 6.01. The number of carbonyl (C=O) groups excluding carboxylic acids is 3. The molecule has 0 spiro atoms. The third-order valence-electron chi connectivity index (χ3n) is 9.33. The standard InChI is InChI=1S/C41H43N5O3.ClH/c1-29(32-12-9-13-34(28-32)37-16-7-8-17-38(37)40(48)43-23-22-42)46(39(47)27-30-18-19-31-10-5-6-11-33(31)26-30)36-20-24-45(25-21-36)41(49)44-35-14-3-2-4-15-35;/h2-19,26,28-29,36H,20-25,27,42H2,1H3,(H,43,48)(H,44,49);1H. The van der Waals surface area contributed by atoms with Gasteiger partial charge in [0.15, 0.2) is 0 Å². The maximum Gasteiger partial charge on any atom is 0.321 e. The second-order valence-electron chi connectivity index (χ2n) is 12.6. The number of carbonyl (C=O) groups is 3. The Hall–Kier alpha value is -5.18. The van der Waals surface area contributed by atoms with Gasteiger partial charge in [0.1, 0.15) is 0 Å². The predicted octanol–water partition coefficient (Wildman–Crippen LogP) is 7.45. The lowest BCUT2D eigenvalue weighted by atomic mass is 9.93. The number of hydrogen-bond acceptors (Lipinski definition) is 4. The third kappa shape index (κ3) is 8.51. The van der Waals surface area contributed by atoms with Crippen LogP contribution in [0.25, 0.3) is 21.9 Å². The van der Waals surface area contributed by atoms with E-state index in [0.29, 0.717) is 44.6 Å². The molecule has 1 saturated heterocycles. The van der Waals surface area contributed by atoms with Crippen LogP contribution in [0.5, 0.6) is 0 Å². The number of halogens is 1. The van der Waals surface area contributed by atoms with Gasteiger partial charge in [0.2, 0.25) is 5.91 Å². The van der Waals surface area contributed by atoms with Crippen LogP contribution < -0.4 is 16.4 Å². The molecule has 1 heterocycles. The maximum atomic E-state index is 14.4. The number of amides is 4. The molecule has 1 fully saturated rings. The fourth-order valence-electron chi connectivity index (χ4n) is 6.76. The molecule has 0 saturated carbocycles. The summed E-state index contributed by atoms with van der Waals surface area (Å²) in [7, 11) is 0. The first-order chi connectivity index (χ1) is 23.9. The molecule has 0 aliphatic carbocycles. The minimum Gasteiger partial charge on any atom is -0.351 e. The van der Waals surface area contributed by atoms with E-state index in [4.69, 9.17) is 5.73 Å². The van der Waals surface area contributed by atoms with Crippen molar-refractivity contribution < 1.29 is 14.4 Å². The fourth-order valence-corrected chi connectivity index (χ4v) is 6.76. The Labute approximate surface area is 300 Å². The quantitative estimate of drug-likeness (QED) is 0.142. The normalized spacial score (nSPS) is 13.6. The smallest absolute Gasteiger partial charge is 0.321 e. The van der Waals surface area contributed by atoms with E-state index < -0.39 is 0 Å². The third-order valence-corrected chi connectivity index (χ3v) is 9.33. The number of anilines is 1. The van der Waals surface area contributed by atoms with Gasteiger partial charge in [-0.2, -0.15) is 0 Å². The summed E-state index contributed by atoms with van der Waals surface area (Å²) in [6, 6.07) is 39.0. The number of hydrogen-bond donors (Lipinski definition) is 3. The van der Waals surface area contributed by atoms with E-state index >= 15 is 0 Å². The van der Waals surface area contributed by atoms with E-state index in [1.807, 2.05) is 101 Å². The number of para-hydroxylation sites is 1. The number of urea groups is 1. The summed E-state index contributed by atoms with van der Waals surface area (Å²) in [4.78, 5) is 44.3. The van der Waals surface area contributed by atoms with Gasteiger partial charge in [0, 0.05) is 43.5 Å². The van der Waals surface area contributed by atoms with Crippen molar-refractivity contribution in [2.45, 2.75) is 38.3 Å². The second kappa shape index (κ2) is 17.0. The molecule has 9 heteroatoms. The Morgan fingerprint density at radius 2 is 1.52 bits per heavy atom. The van der Waals surface area contributed by atoms with Gasteiger partial charge >= 0.3 is 6.03 Å². The summed E-state index contributed by atoms with van der Waals surface area (Å²) in [6.45, 7) is 3.92. The molecule has 1 aliphatic heterocycles. The molecule has 6 rings (SSSR count). The van der Waals surface area contributed by atoms with Gasteiger partial charge < -0.3 is 26.2 Å². The summed E-state index contributed by atoms with van der Waals surface area (Å²) < 4.78 is 0. The van der Waals surface area contributed by atoms with Crippen LogP contribution in [0, 0.1) is 0 Å². The van der Waals surface area contributed by atoms with Crippen LogP contribution in [-0.2, 0) is 11.2 Å². The molecule has 8 nitrogen and oxygen atoms in total. The van der Waals surface area contributed by atoms with Crippen molar-refractivity contribution in [3.63, 3.8) is 0 Å². The number of piperidine rings is 1. The lowest BCUT2D eigenvalue weighted by Crippen LogP contribution is -2.50. The molecule has 0 bridgehead atoms. The topological polar surface area (TPSA) is 108 Å². The molecular formula is C41H44ClN5O3. The van der Waals surface area contributed by atoms with Crippen molar-refractivity contribution >= 4 is 46.7 Å². The molecular weight excluding hydrogens is 646 g/mol. The van der Waals surface area contributed by atoms with Crippen LogP contribution in [0.15, 0.2) is 121 Å². The van der Waals surface area contributed by atoms with Crippen molar-refractivity contribution in [1.29, 1.82) is 0 Å². The number of fused-ring (bicyclic) bond motifs is 1. The first-order valence-corrected chi connectivity index (χ1v) is 17.0. The van der Waals surface area contributed by atoms with Crippen LogP contribution in [0.1, 0.15) is 47.3 Å². The fraction of sp³-hybridized carbons (Fsp3) is 0.244. The molecule has 0 aromatic heterocycles. The van der Waals surface area contributed by atoms with Gasteiger partial charge in [-0.25, -0.2) is 4.79 Å². The van der Waals surface area contributed by atoms with Crippen LogP contribution in [-0.4, -0.2) is 59.9 Å². The summed E-state index contributed by atoms with van der Waals surface area (Å²) >= 11 is 0. The highest BCUT2D eigenvalue weighted by Crippen LogP contribution is 2.32. The van der Waals surface area contributed by atoms with Crippen LogP contribution in [0.3, 0.4) is 0 Å². The lowest BCUT2D eigenvalue weighted by molar-refractivity contribution is -0.136. The Morgan fingerprint density at radius 1 is 0.820 bits per heavy atom. The molecule has 5 aromatic carbocycles. The van der Waals surface area contributed by atoms with E-state index in [-0.39, 0.29) is 48.8 Å². The Balaban J connectivity index is 0.00000486. The average Bonchev–Trinajstić information content (AvgIpc) is 3.14. The van der Waals surface area contributed by atoms with Crippen LogP contribution in [0.2, 0.25) is 0 Å². The number of nitrogens with two attached hydrogens (primary N) is 1. The maximum absolute atomic E-state index is 14.4. The molecule has 1 unspecified atom stereocenters. The zero-order chi connectivity index (χ0) is 34.2. The van der Waals surface area contributed by atoms with Gasteiger partial charge in [-0.1, -0.05) is 97.1 Å². The minimum atomic E-state index is -0.249. The first-order valence-electron chi connectivity index (χ1n) is 17.0. The largest absolute Gasteiger partial charge is 0.351 e. The van der Waals surface area contributed by atoms with Crippen molar-refractivity contribution in [3.05, 3.63) is 138 Å². The molecule has 0 radical (unpaired) electrons. The van der Waals surface area contributed by atoms with Gasteiger partial charge in [0.25, 0.3) is 5.91 Å². The highest BCUT2D eigenvalue weighted by Gasteiger charge is 2.33. The minimum absolute atomic E-state index is 0. The van der Waals surface area contributed by atoms with Gasteiger partial charge in [0.05, 0.1) is 12.5 Å². The highest BCUT2D eigenvalue weighted by atomic mass is 35.5. The summed E-state index contributed by atoms with van der Waals surface area (Å²) in [5.74, 6) is -0.128. The number of likely N-dealkylation sites (tertiary alicyclic amines) is 1. The molecule has 4 N–H and O–H groups in total. The Morgan fingerprint density at radius 3 is 2.28 bits per heavy atom. The van der Waals surface area contributed by atoms with E-state index in [2.05, 4.69) is 47.9 Å². The number of rotatable bonds is 10. The predicted molar refractivity (Wildman–Crippen MR) is 203 cm³/mol. The van der Waals surface area contributed by atoms with E-state index in [0.717, 1.165) is 38.7 Å². The summed E-state index contributed by atoms with van der Waals surface area (Å²) in [5, 5.41) is 8.12. The summed E-state index contributed by atoms with van der Waals surface area (Å²) in [6.07, 6.45) is 1.60. The van der Waals surface area contributed by atoms with Gasteiger partial charge in [-0.05, 0) is 77.1 Å². The van der Waals surface area contributed by atoms with Crippen LogP contribution >= 0.6 is 12.4 Å². The van der Waals surface area contributed by atoms with Crippen LogP contribution in [0.4, 0.5) is 10.5 Å². The SMILES string of the molecule is CC(c1cccc(-c2ccccc2C(=O)NCCN)c1)N(C(=O)Cc1ccc2ccccc2c1)C1CCN(C(=O)Nc2ccccc2)CC1.Cl.